The second kappa shape index (κ2) is 6.61. The first-order valence-electron chi connectivity index (χ1n) is 7.91. The quantitative estimate of drug-likeness (QED) is 0.875. The number of primary amides is 1. The van der Waals surface area contributed by atoms with E-state index in [1.54, 1.807) is 0 Å². The minimum absolute atomic E-state index is 0.0438. The monoisotopic (exact) mass is 289 g/mol. The molecule has 3 unspecified atom stereocenters. The van der Waals surface area contributed by atoms with Crippen LogP contribution >= 0.6 is 0 Å². The Morgan fingerprint density at radius 2 is 1.86 bits per heavy atom. The largest absolute Gasteiger partial charge is 0.396 e. The van der Waals surface area contributed by atoms with Crippen molar-refractivity contribution >= 4 is 5.91 Å². The Kier molecular flexibility index (Phi) is 5.04. The van der Waals surface area contributed by atoms with Crippen molar-refractivity contribution in [2.75, 3.05) is 6.61 Å². The van der Waals surface area contributed by atoms with E-state index in [2.05, 4.69) is 13.8 Å². The molecule has 21 heavy (non-hydrogen) atoms. The lowest BCUT2D eigenvalue weighted by Crippen LogP contribution is -2.47. The van der Waals surface area contributed by atoms with Gasteiger partial charge in [-0.3, -0.25) is 4.79 Å². The summed E-state index contributed by atoms with van der Waals surface area (Å²) in [6, 6.07) is 9.97. The summed E-state index contributed by atoms with van der Waals surface area (Å²) >= 11 is 0. The number of nitrogens with two attached hydrogens (primary N) is 1. The number of hydrogen-bond acceptors (Lipinski definition) is 2. The average Bonchev–Trinajstić information content (AvgIpc) is 2.44. The second-order valence-corrected chi connectivity index (χ2v) is 7.02. The molecule has 0 bridgehead atoms. The Bertz CT molecular complexity index is 461. The van der Waals surface area contributed by atoms with Crippen molar-refractivity contribution in [1.29, 1.82) is 0 Å². The molecule has 0 saturated heterocycles. The molecule has 3 atom stereocenters. The summed E-state index contributed by atoms with van der Waals surface area (Å²) in [6.45, 7) is 4.46. The molecule has 0 radical (unpaired) electrons. The highest BCUT2D eigenvalue weighted by molar-refractivity contribution is 5.78. The Labute approximate surface area is 127 Å². The highest BCUT2D eigenvalue weighted by Crippen LogP contribution is 2.47. The Morgan fingerprint density at radius 1 is 1.29 bits per heavy atom. The maximum Gasteiger partial charge on any atom is 0.221 e. The highest BCUT2D eigenvalue weighted by atomic mass is 16.3. The number of carbonyl (C=O) groups excluding carboxylic acids is 1. The third-order valence-corrected chi connectivity index (χ3v) is 4.99. The molecule has 2 rings (SSSR count). The summed E-state index contributed by atoms with van der Waals surface area (Å²) in [5, 5.41) is 10.1. The lowest BCUT2D eigenvalue weighted by atomic mass is 9.59. The van der Waals surface area contributed by atoms with Gasteiger partial charge in [0, 0.05) is 17.9 Å². The van der Waals surface area contributed by atoms with Crippen molar-refractivity contribution in [2.24, 2.45) is 28.9 Å². The number of rotatable bonds is 5. The van der Waals surface area contributed by atoms with Gasteiger partial charge in [-0.2, -0.15) is 0 Å². The van der Waals surface area contributed by atoms with E-state index in [9.17, 15) is 9.90 Å². The Morgan fingerprint density at radius 3 is 2.33 bits per heavy atom. The summed E-state index contributed by atoms with van der Waals surface area (Å²) in [5.74, 6) is 0.473. The van der Waals surface area contributed by atoms with Crippen LogP contribution in [-0.2, 0) is 11.2 Å². The number of benzene rings is 1. The van der Waals surface area contributed by atoms with Gasteiger partial charge in [-0.05, 0) is 43.1 Å². The number of carbonyl (C=O) groups is 1. The van der Waals surface area contributed by atoms with E-state index in [4.69, 9.17) is 5.73 Å². The van der Waals surface area contributed by atoms with E-state index in [1.165, 1.54) is 6.42 Å². The maximum absolute atomic E-state index is 12.1. The van der Waals surface area contributed by atoms with Gasteiger partial charge in [-0.15, -0.1) is 0 Å². The van der Waals surface area contributed by atoms with Gasteiger partial charge >= 0.3 is 0 Å². The molecule has 1 saturated carbocycles. The van der Waals surface area contributed by atoms with Gasteiger partial charge < -0.3 is 10.8 Å². The first kappa shape index (κ1) is 16.0. The molecular formula is C18H27NO2. The van der Waals surface area contributed by atoms with Gasteiger partial charge in [-0.25, -0.2) is 0 Å². The van der Waals surface area contributed by atoms with Crippen LogP contribution in [0.25, 0.3) is 0 Å². The molecule has 1 aromatic rings. The number of aliphatic hydroxyl groups excluding tert-OH is 1. The molecule has 3 nitrogen and oxygen atoms in total. The fourth-order valence-electron chi connectivity index (χ4n) is 4.32. The number of hydrogen-bond donors (Lipinski definition) is 2. The van der Waals surface area contributed by atoms with Crippen molar-refractivity contribution < 1.29 is 9.90 Å². The van der Waals surface area contributed by atoms with Crippen LogP contribution < -0.4 is 5.73 Å². The molecule has 1 aromatic carbocycles. The molecule has 0 spiro atoms. The summed E-state index contributed by atoms with van der Waals surface area (Å²) < 4.78 is 0. The van der Waals surface area contributed by atoms with Crippen LogP contribution in [0.4, 0.5) is 0 Å². The molecule has 0 aromatic heterocycles. The fraction of sp³-hybridized carbons (Fsp3) is 0.611. The molecular weight excluding hydrogens is 262 g/mol. The Hall–Kier alpha value is -1.35. The van der Waals surface area contributed by atoms with Gasteiger partial charge in [0.15, 0.2) is 0 Å². The van der Waals surface area contributed by atoms with E-state index in [1.807, 2.05) is 30.3 Å². The highest BCUT2D eigenvalue weighted by Gasteiger charge is 2.45. The topological polar surface area (TPSA) is 63.3 Å². The maximum atomic E-state index is 12.1. The van der Waals surface area contributed by atoms with Crippen LogP contribution in [0.2, 0.25) is 0 Å². The molecule has 1 aliphatic carbocycles. The van der Waals surface area contributed by atoms with E-state index in [-0.39, 0.29) is 23.8 Å². The smallest absolute Gasteiger partial charge is 0.221 e. The van der Waals surface area contributed by atoms with Gasteiger partial charge in [0.25, 0.3) is 0 Å². The lowest BCUT2D eigenvalue weighted by Gasteiger charge is -2.46. The first-order valence-corrected chi connectivity index (χ1v) is 7.91. The van der Waals surface area contributed by atoms with E-state index in [0.717, 1.165) is 18.4 Å². The molecule has 3 N–H and O–H groups in total. The third-order valence-electron chi connectivity index (χ3n) is 4.99. The second-order valence-electron chi connectivity index (χ2n) is 7.02. The lowest BCUT2D eigenvalue weighted by molar-refractivity contribution is -0.130. The minimum atomic E-state index is -0.362. The van der Waals surface area contributed by atoms with E-state index >= 15 is 0 Å². The SMILES string of the molecule is CC1CC(C)CC(CO)(C(Cc2ccccc2)C(N)=O)C1. The van der Waals surface area contributed by atoms with E-state index in [0.29, 0.717) is 18.3 Å². The minimum Gasteiger partial charge on any atom is -0.396 e. The van der Waals surface area contributed by atoms with Gasteiger partial charge in [0.05, 0.1) is 0 Å². The van der Waals surface area contributed by atoms with Crippen LogP contribution in [0.5, 0.6) is 0 Å². The normalized spacial score (nSPS) is 30.8. The van der Waals surface area contributed by atoms with Crippen molar-refractivity contribution in [3.63, 3.8) is 0 Å². The summed E-state index contributed by atoms with van der Waals surface area (Å²) in [5.41, 5.74) is 6.47. The molecule has 3 heteroatoms. The Balaban J connectivity index is 2.28. The van der Waals surface area contributed by atoms with Crippen LogP contribution in [0.15, 0.2) is 30.3 Å². The molecule has 0 heterocycles. The van der Waals surface area contributed by atoms with Crippen molar-refractivity contribution in [3.8, 4) is 0 Å². The van der Waals surface area contributed by atoms with Crippen LogP contribution in [-0.4, -0.2) is 17.6 Å². The van der Waals surface area contributed by atoms with Gasteiger partial charge in [0.2, 0.25) is 5.91 Å². The standard InChI is InChI=1S/C18H27NO2/c1-13-8-14(2)11-18(10-13,12-20)16(17(19)21)9-15-6-4-3-5-7-15/h3-7,13-14,16,20H,8-12H2,1-2H3,(H2,19,21). The summed E-state index contributed by atoms with van der Waals surface area (Å²) in [6.07, 6.45) is 3.55. The van der Waals surface area contributed by atoms with Crippen molar-refractivity contribution in [3.05, 3.63) is 35.9 Å². The molecule has 116 valence electrons. The number of amides is 1. The van der Waals surface area contributed by atoms with Crippen molar-refractivity contribution in [2.45, 2.75) is 39.5 Å². The third kappa shape index (κ3) is 3.65. The first-order chi connectivity index (χ1) is 9.97. The predicted molar refractivity (Wildman–Crippen MR) is 84.5 cm³/mol. The average molecular weight is 289 g/mol. The molecule has 1 aliphatic rings. The van der Waals surface area contributed by atoms with Crippen LogP contribution in [0.3, 0.4) is 0 Å². The summed E-state index contributed by atoms with van der Waals surface area (Å²) in [7, 11) is 0. The van der Waals surface area contributed by atoms with Gasteiger partial charge in [-0.1, -0.05) is 44.2 Å². The zero-order valence-electron chi connectivity index (χ0n) is 13.1. The predicted octanol–water partition coefficient (Wildman–Crippen LogP) is 2.77. The van der Waals surface area contributed by atoms with Gasteiger partial charge in [0.1, 0.15) is 0 Å². The van der Waals surface area contributed by atoms with Crippen molar-refractivity contribution in [1.82, 2.24) is 0 Å². The molecule has 1 amide bonds. The molecule has 1 fully saturated rings. The number of aliphatic hydroxyl groups is 1. The molecule has 0 aliphatic heterocycles. The zero-order chi connectivity index (χ0) is 15.5. The van der Waals surface area contributed by atoms with E-state index < -0.39 is 0 Å². The van der Waals surface area contributed by atoms with Crippen LogP contribution in [0.1, 0.15) is 38.7 Å². The fourth-order valence-corrected chi connectivity index (χ4v) is 4.32. The zero-order valence-corrected chi connectivity index (χ0v) is 13.1. The van der Waals surface area contributed by atoms with Crippen LogP contribution in [0, 0.1) is 23.2 Å². The summed E-state index contributed by atoms with van der Waals surface area (Å²) in [4.78, 5) is 12.1.